The van der Waals surface area contributed by atoms with Gasteiger partial charge in [-0.15, -0.1) is 0 Å². The quantitative estimate of drug-likeness (QED) is 0.869. The van der Waals surface area contributed by atoms with Gasteiger partial charge in [0.25, 0.3) is 0 Å². The largest absolute Gasteiger partial charge is 0.388 e. The molecular weight excluding hydrogens is 286 g/mol. The number of benzene rings is 2. The zero-order chi connectivity index (χ0) is 14.0. The van der Waals surface area contributed by atoms with Crippen molar-refractivity contribution in [3.05, 3.63) is 69.0 Å². The van der Waals surface area contributed by atoms with E-state index in [2.05, 4.69) is 0 Å². The first-order valence-electron chi connectivity index (χ1n) is 5.86. The molecule has 0 radical (unpaired) electrons. The van der Waals surface area contributed by atoms with Gasteiger partial charge in [0.15, 0.2) is 0 Å². The van der Waals surface area contributed by atoms with E-state index in [9.17, 15) is 9.50 Å². The van der Waals surface area contributed by atoms with E-state index in [1.807, 2.05) is 6.92 Å². The van der Waals surface area contributed by atoms with Crippen LogP contribution in [-0.2, 0) is 6.42 Å². The fourth-order valence-corrected chi connectivity index (χ4v) is 2.50. The van der Waals surface area contributed by atoms with Gasteiger partial charge in [-0.1, -0.05) is 47.0 Å². The predicted octanol–water partition coefficient (Wildman–Crippen LogP) is 4.72. The summed E-state index contributed by atoms with van der Waals surface area (Å²) in [5, 5.41) is 11.1. The normalized spacial score (nSPS) is 12.5. The molecule has 0 fully saturated rings. The number of rotatable bonds is 3. The maximum atomic E-state index is 13.7. The Kier molecular flexibility index (Phi) is 4.46. The molecule has 100 valence electrons. The van der Waals surface area contributed by atoms with E-state index in [0.717, 1.165) is 5.56 Å². The summed E-state index contributed by atoms with van der Waals surface area (Å²) in [7, 11) is 0. The molecule has 1 N–H and O–H groups in total. The Morgan fingerprint density at radius 3 is 2.42 bits per heavy atom. The van der Waals surface area contributed by atoms with Gasteiger partial charge in [-0.25, -0.2) is 4.39 Å². The topological polar surface area (TPSA) is 20.2 Å². The molecule has 0 spiro atoms. The highest BCUT2D eigenvalue weighted by Gasteiger charge is 2.16. The van der Waals surface area contributed by atoms with Crippen molar-refractivity contribution < 1.29 is 9.50 Å². The van der Waals surface area contributed by atoms with Crippen LogP contribution in [0, 0.1) is 12.7 Å². The van der Waals surface area contributed by atoms with Gasteiger partial charge in [0.2, 0.25) is 0 Å². The molecule has 0 aliphatic carbocycles. The minimum Gasteiger partial charge on any atom is -0.388 e. The van der Waals surface area contributed by atoms with Gasteiger partial charge in [-0.05, 0) is 30.7 Å². The Hall–Kier alpha value is -1.09. The first-order valence-corrected chi connectivity index (χ1v) is 6.61. The van der Waals surface area contributed by atoms with Crippen LogP contribution in [0.2, 0.25) is 10.0 Å². The SMILES string of the molecule is Cc1ccc(F)c(C(O)Cc2c(Cl)cccc2Cl)c1. The van der Waals surface area contributed by atoms with Gasteiger partial charge in [0.1, 0.15) is 5.82 Å². The minimum atomic E-state index is -0.975. The molecule has 0 amide bonds. The molecule has 0 aromatic heterocycles. The second-order valence-corrected chi connectivity index (χ2v) is 5.26. The lowest BCUT2D eigenvalue weighted by Crippen LogP contribution is -2.05. The number of halogens is 3. The van der Waals surface area contributed by atoms with Gasteiger partial charge in [0, 0.05) is 22.0 Å². The maximum absolute atomic E-state index is 13.7. The molecule has 19 heavy (non-hydrogen) atoms. The minimum absolute atomic E-state index is 0.179. The molecule has 0 heterocycles. The van der Waals surface area contributed by atoms with Crippen molar-refractivity contribution in [3.63, 3.8) is 0 Å². The van der Waals surface area contributed by atoms with Crippen molar-refractivity contribution >= 4 is 23.2 Å². The summed E-state index contributed by atoms with van der Waals surface area (Å²) in [6.45, 7) is 1.85. The molecule has 2 aromatic rings. The highest BCUT2D eigenvalue weighted by molar-refractivity contribution is 6.35. The third-order valence-electron chi connectivity index (χ3n) is 2.97. The summed E-state index contributed by atoms with van der Waals surface area (Å²) >= 11 is 12.1. The Morgan fingerprint density at radius 2 is 1.79 bits per heavy atom. The van der Waals surface area contributed by atoms with Crippen LogP contribution in [0.4, 0.5) is 4.39 Å². The van der Waals surface area contributed by atoms with Crippen LogP contribution in [0.25, 0.3) is 0 Å². The fraction of sp³-hybridized carbons (Fsp3) is 0.200. The van der Waals surface area contributed by atoms with Crippen molar-refractivity contribution in [1.29, 1.82) is 0 Å². The van der Waals surface area contributed by atoms with Gasteiger partial charge >= 0.3 is 0 Å². The van der Waals surface area contributed by atoms with E-state index in [1.165, 1.54) is 6.07 Å². The Labute approximate surface area is 121 Å². The van der Waals surface area contributed by atoms with Crippen LogP contribution in [0.3, 0.4) is 0 Å². The Morgan fingerprint density at radius 1 is 1.16 bits per heavy atom. The number of hydrogen-bond donors (Lipinski definition) is 1. The van der Waals surface area contributed by atoms with E-state index in [0.29, 0.717) is 15.6 Å². The lowest BCUT2D eigenvalue weighted by molar-refractivity contribution is 0.173. The third kappa shape index (κ3) is 3.27. The first kappa shape index (κ1) is 14.3. The average Bonchev–Trinajstić information content (AvgIpc) is 2.37. The van der Waals surface area contributed by atoms with Crippen LogP contribution < -0.4 is 0 Å². The molecule has 2 aromatic carbocycles. The molecule has 1 atom stereocenters. The Balaban J connectivity index is 2.31. The highest BCUT2D eigenvalue weighted by Crippen LogP contribution is 2.30. The average molecular weight is 299 g/mol. The zero-order valence-electron chi connectivity index (χ0n) is 10.3. The van der Waals surface area contributed by atoms with Crippen molar-refractivity contribution in [2.24, 2.45) is 0 Å². The zero-order valence-corrected chi connectivity index (χ0v) is 11.8. The monoisotopic (exact) mass is 298 g/mol. The molecule has 1 nitrogen and oxygen atoms in total. The van der Waals surface area contributed by atoms with Crippen LogP contribution in [0.5, 0.6) is 0 Å². The summed E-state index contributed by atoms with van der Waals surface area (Å²) in [6.07, 6.45) is -0.795. The van der Waals surface area contributed by atoms with E-state index in [-0.39, 0.29) is 12.0 Å². The number of aliphatic hydroxyl groups excluding tert-OH is 1. The van der Waals surface area contributed by atoms with Crippen LogP contribution >= 0.6 is 23.2 Å². The summed E-state index contributed by atoms with van der Waals surface area (Å²) in [6, 6.07) is 9.76. The lowest BCUT2D eigenvalue weighted by atomic mass is 9.99. The second kappa shape index (κ2) is 5.91. The standard InChI is InChI=1S/C15H13Cl2FO/c1-9-5-6-14(18)11(7-9)15(19)8-10-12(16)3-2-4-13(10)17/h2-7,15,19H,8H2,1H3. The fourth-order valence-electron chi connectivity index (χ4n) is 1.95. The number of hydrogen-bond acceptors (Lipinski definition) is 1. The van der Waals surface area contributed by atoms with Crippen molar-refractivity contribution in [2.75, 3.05) is 0 Å². The predicted molar refractivity (Wildman–Crippen MR) is 76.3 cm³/mol. The summed E-state index contributed by atoms with van der Waals surface area (Å²) in [4.78, 5) is 0. The second-order valence-electron chi connectivity index (χ2n) is 4.45. The van der Waals surface area contributed by atoms with Gasteiger partial charge in [-0.3, -0.25) is 0 Å². The summed E-state index contributed by atoms with van der Waals surface area (Å²) in [5.74, 6) is -0.429. The van der Waals surface area contributed by atoms with E-state index < -0.39 is 11.9 Å². The van der Waals surface area contributed by atoms with Gasteiger partial charge in [-0.2, -0.15) is 0 Å². The van der Waals surface area contributed by atoms with Crippen LogP contribution in [-0.4, -0.2) is 5.11 Å². The number of aliphatic hydroxyl groups is 1. The van der Waals surface area contributed by atoms with E-state index >= 15 is 0 Å². The van der Waals surface area contributed by atoms with Gasteiger partial charge in [0.05, 0.1) is 6.10 Å². The molecular formula is C15H13Cl2FO. The molecule has 0 saturated heterocycles. The van der Waals surface area contributed by atoms with E-state index in [4.69, 9.17) is 23.2 Å². The Bertz CT molecular complexity index is 578. The lowest BCUT2D eigenvalue weighted by Gasteiger charge is -2.14. The maximum Gasteiger partial charge on any atom is 0.129 e. The van der Waals surface area contributed by atoms with E-state index in [1.54, 1.807) is 30.3 Å². The molecule has 1 unspecified atom stereocenters. The van der Waals surface area contributed by atoms with Crippen molar-refractivity contribution in [2.45, 2.75) is 19.4 Å². The summed E-state index contributed by atoms with van der Waals surface area (Å²) < 4.78 is 13.7. The third-order valence-corrected chi connectivity index (χ3v) is 3.68. The molecule has 0 aliphatic heterocycles. The smallest absolute Gasteiger partial charge is 0.129 e. The van der Waals surface area contributed by atoms with Crippen molar-refractivity contribution in [3.8, 4) is 0 Å². The number of aryl methyl sites for hydroxylation is 1. The van der Waals surface area contributed by atoms with Gasteiger partial charge < -0.3 is 5.11 Å². The summed E-state index contributed by atoms with van der Waals surface area (Å²) in [5.41, 5.74) is 1.77. The molecule has 2 rings (SSSR count). The highest BCUT2D eigenvalue weighted by atomic mass is 35.5. The van der Waals surface area contributed by atoms with Crippen LogP contribution in [0.1, 0.15) is 22.8 Å². The van der Waals surface area contributed by atoms with Crippen LogP contribution in [0.15, 0.2) is 36.4 Å². The first-order chi connectivity index (χ1) is 8.99. The molecule has 0 bridgehead atoms. The molecule has 4 heteroatoms. The molecule has 0 saturated carbocycles. The molecule has 0 aliphatic rings. The van der Waals surface area contributed by atoms with Crippen molar-refractivity contribution in [1.82, 2.24) is 0 Å².